The zero-order valence-electron chi connectivity index (χ0n) is 10.8. The molecule has 0 aliphatic carbocycles. The van der Waals surface area contributed by atoms with Gasteiger partial charge < -0.3 is 0 Å². The molecule has 0 amide bonds. The molecule has 0 aromatic carbocycles. The Balaban J connectivity index is 5.25. The summed E-state index contributed by atoms with van der Waals surface area (Å²) in [7, 11) is 1.76. The van der Waals surface area contributed by atoms with Gasteiger partial charge in [0.15, 0.2) is 0 Å². The second-order valence-electron chi connectivity index (χ2n) is 3.55. The Bertz CT molecular complexity index is 320. The topological polar surface area (TPSA) is 24.7 Å². The van der Waals surface area contributed by atoms with E-state index in [0.717, 1.165) is 17.7 Å². The first-order valence-electron chi connectivity index (χ1n) is 5.65. The van der Waals surface area contributed by atoms with E-state index in [-0.39, 0.29) is 0 Å². The Morgan fingerprint density at radius 2 is 2.12 bits per heavy atom. The van der Waals surface area contributed by atoms with Crippen LogP contribution in [-0.2, 0) is 0 Å². The van der Waals surface area contributed by atoms with Crippen LogP contribution in [0.4, 0.5) is 0 Å². The lowest BCUT2D eigenvalue weighted by atomic mass is 10.0. The van der Waals surface area contributed by atoms with Gasteiger partial charge in [0.1, 0.15) is 0 Å². The zero-order valence-corrected chi connectivity index (χ0v) is 10.8. The largest absolute Gasteiger partial charge is 0.296 e. The number of nitrogens with zero attached hydrogens (tertiary/aromatic N) is 2. The van der Waals surface area contributed by atoms with Gasteiger partial charge in [0.2, 0.25) is 0 Å². The van der Waals surface area contributed by atoms with E-state index in [1.807, 2.05) is 37.6 Å². The number of aliphatic imine (C=N–C) groups is 2. The maximum Gasteiger partial charge on any atom is 0.0518 e. The standard InChI is InChI=1S/C14H22N2/c1-6-9-10-16-14(12(4)7-2)13(8-3)11-15-5/h6,8-12H,3,7H2,1-2,4-5H3/b9-6-,14-13+,15-11-,16-10-. The molecule has 0 rings (SSSR count). The summed E-state index contributed by atoms with van der Waals surface area (Å²) in [6, 6.07) is 0. The van der Waals surface area contributed by atoms with Gasteiger partial charge in [-0.3, -0.25) is 9.98 Å². The quantitative estimate of drug-likeness (QED) is 0.478. The fraction of sp³-hybridized carbons (Fsp3) is 0.429. The number of allylic oxidation sites excluding steroid dienone is 5. The minimum atomic E-state index is 0.410. The molecule has 0 spiro atoms. The summed E-state index contributed by atoms with van der Waals surface area (Å²) < 4.78 is 0. The highest BCUT2D eigenvalue weighted by Gasteiger charge is 2.08. The first-order valence-corrected chi connectivity index (χ1v) is 5.65. The van der Waals surface area contributed by atoms with Gasteiger partial charge in [0.25, 0.3) is 0 Å². The summed E-state index contributed by atoms with van der Waals surface area (Å²) in [4.78, 5) is 8.51. The van der Waals surface area contributed by atoms with E-state index >= 15 is 0 Å². The molecule has 2 nitrogen and oxygen atoms in total. The lowest BCUT2D eigenvalue weighted by Crippen LogP contribution is -2.00. The predicted octanol–water partition coefficient (Wildman–Crippen LogP) is 3.82. The van der Waals surface area contributed by atoms with E-state index in [4.69, 9.17) is 0 Å². The lowest BCUT2D eigenvalue weighted by molar-refractivity contribution is 0.647. The third-order valence-corrected chi connectivity index (χ3v) is 2.36. The molecular weight excluding hydrogens is 196 g/mol. The fourth-order valence-electron chi connectivity index (χ4n) is 1.25. The Hall–Kier alpha value is -1.44. The summed E-state index contributed by atoms with van der Waals surface area (Å²) in [5.74, 6) is 0.410. The number of hydrogen-bond acceptors (Lipinski definition) is 2. The van der Waals surface area contributed by atoms with Crippen LogP contribution in [-0.4, -0.2) is 19.5 Å². The second-order valence-corrected chi connectivity index (χ2v) is 3.55. The van der Waals surface area contributed by atoms with Crippen molar-refractivity contribution >= 4 is 12.4 Å². The Kier molecular flexibility index (Phi) is 8.04. The average Bonchev–Trinajstić information content (AvgIpc) is 2.31. The molecule has 1 unspecified atom stereocenters. The molecule has 0 saturated carbocycles. The van der Waals surface area contributed by atoms with Gasteiger partial charge in [-0.1, -0.05) is 32.6 Å². The molecule has 0 fully saturated rings. The lowest BCUT2D eigenvalue weighted by Gasteiger charge is -2.11. The van der Waals surface area contributed by atoms with Crippen LogP contribution in [0.5, 0.6) is 0 Å². The van der Waals surface area contributed by atoms with Gasteiger partial charge in [-0.25, -0.2) is 0 Å². The van der Waals surface area contributed by atoms with Crippen LogP contribution in [0.3, 0.4) is 0 Å². The van der Waals surface area contributed by atoms with Crippen molar-refractivity contribution in [1.82, 2.24) is 0 Å². The van der Waals surface area contributed by atoms with Crippen molar-refractivity contribution in [3.63, 3.8) is 0 Å². The molecule has 0 aromatic heterocycles. The third-order valence-electron chi connectivity index (χ3n) is 2.36. The van der Waals surface area contributed by atoms with Crippen molar-refractivity contribution in [3.05, 3.63) is 36.1 Å². The Morgan fingerprint density at radius 1 is 1.44 bits per heavy atom. The molecule has 88 valence electrons. The minimum absolute atomic E-state index is 0.410. The molecular formula is C14H22N2. The van der Waals surface area contributed by atoms with Gasteiger partial charge in [-0.15, -0.1) is 0 Å². The van der Waals surface area contributed by atoms with Gasteiger partial charge in [0, 0.05) is 25.0 Å². The molecule has 0 aliphatic rings. The molecule has 0 aromatic rings. The SMILES string of the molecule is C=CC(/C=N\C)=C(\N=C/C=C\C)C(C)CC. The monoisotopic (exact) mass is 218 g/mol. The van der Waals surface area contributed by atoms with Crippen LogP contribution in [0.2, 0.25) is 0 Å². The van der Waals surface area contributed by atoms with Crippen molar-refractivity contribution < 1.29 is 0 Å². The Labute approximate surface area is 99.2 Å². The summed E-state index contributed by atoms with van der Waals surface area (Å²) >= 11 is 0. The van der Waals surface area contributed by atoms with Crippen LogP contribution in [0.15, 0.2) is 46.1 Å². The highest BCUT2D eigenvalue weighted by Crippen LogP contribution is 2.19. The van der Waals surface area contributed by atoms with E-state index in [0.29, 0.717) is 5.92 Å². The van der Waals surface area contributed by atoms with Crippen molar-refractivity contribution in [2.45, 2.75) is 27.2 Å². The molecule has 0 bridgehead atoms. The highest BCUT2D eigenvalue weighted by atomic mass is 14.7. The molecule has 0 N–H and O–H groups in total. The second kappa shape index (κ2) is 8.84. The molecule has 2 heteroatoms. The molecule has 0 aliphatic heterocycles. The van der Waals surface area contributed by atoms with E-state index in [9.17, 15) is 0 Å². The average molecular weight is 218 g/mol. The van der Waals surface area contributed by atoms with Gasteiger partial charge in [-0.2, -0.15) is 0 Å². The van der Waals surface area contributed by atoms with Crippen LogP contribution < -0.4 is 0 Å². The highest BCUT2D eigenvalue weighted by molar-refractivity contribution is 5.84. The summed E-state index contributed by atoms with van der Waals surface area (Å²) in [5.41, 5.74) is 2.04. The first-order chi connectivity index (χ1) is 7.71. The first kappa shape index (κ1) is 14.6. The van der Waals surface area contributed by atoms with Crippen LogP contribution in [0.25, 0.3) is 0 Å². The molecule has 0 saturated heterocycles. The molecule has 16 heavy (non-hydrogen) atoms. The summed E-state index contributed by atoms with van der Waals surface area (Å²) in [6.07, 6.45) is 10.4. The maximum atomic E-state index is 4.48. The van der Waals surface area contributed by atoms with Crippen molar-refractivity contribution in [1.29, 1.82) is 0 Å². The van der Waals surface area contributed by atoms with E-state index in [1.165, 1.54) is 0 Å². The molecule has 0 radical (unpaired) electrons. The van der Waals surface area contributed by atoms with E-state index in [2.05, 4.69) is 30.4 Å². The van der Waals surface area contributed by atoms with Crippen LogP contribution in [0, 0.1) is 5.92 Å². The van der Waals surface area contributed by atoms with Gasteiger partial charge in [-0.05, 0) is 25.3 Å². The molecule has 0 heterocycles. The number of hydrogen-bond donors (Lipinski definition) is 0. The van der Waals surface area contributed by atoms with Gasteiger partial charge >= 0.3 is 0 Å². The van der Waals surface area contributed by atoms with E-state index in [1.54, 1.807) is 7.05 Å². The zero-order chi connectivity index (χ0) is 12.4. The smallest absolute Gasteiger partial charge is 0.0518 e. The predicted molar refractivity (Wildman–Crippen MR) is 74.4 cm³/mol. The maximum absolute atomic E-state index is 4.48. The van der Waals surface area contributed by atoms with Crippen molar-refractivity contribution in [2.75, 3.05) is 7.05 Å². The Morgan fingerprint density at radius 3 is 2.56 bits per heavy atom. The molecule has 1 atom stereocenters. The van der Waals surface area contributed by atoms with Crippen LogP contribution >= 0.6 is 0 Å². The van der Waals surface area contributed by atoms with Gasteiger partial charge in [0.05, 0.1) is 5.70 Å². The van der Waals surface area contributed by atoms with Crippen LogP contribution in [0.1, 0.15) is 27.2 Å². The normalized spacial score (nSPS) is 16.0. The fourth-order valence-corrected chi connectivity index (χ4v) is 1.25. The van der Waals surface area contributed by atoms with Crippen molar-refractivity contribution in [3.8, 4) is 0 Å². The minimum Gasteiger partial charge on any atom is -0.296 e. The number of rotatable bonds is 6. The summed E-state index contributed by atoms with van der Waals surface area (Å²) in [6.45, 7) is 10.1. The third kappa shape index (κ3) is 4.87. The van der Waals surface area contributed by atoms with E-state index < -0.39 is 0 Å². The summed E-state index contributed by atoms with van der Waals surface area (Å²) in [5, 5.41) is 0. The van der Waals surface area contributed by atoms with Crippen molar-refractivity contribution in [2.24, 2.45) is 15.9 Å².